The lowest BCUT2D eigenvalue weighted by Crippen LogP contribution is -2.07. The SMILES string of the molecule is O=C1ON=C(c2ccccc2)/C1=C/c1ccccc1OCc1ccc(F)cc1. The Balaban J connectivity index is 1.61. The highest BCUT2D eigenvalue weighted by Crippen LogP contribution is 2.26. The van der Waals surface area contributed by atoms with Crippen molar-refractivity contribution >= 4 is 17.8 Å². The molecule has 0 N–H and O–H groups in total. The molecule has 0 aliphatic carbocycles. The van der Waals surface area contributed by atoms with E-state index in [9.17, 15) is 9.18 Å². The normalized spacial score (nSPS) is 14.7. The molecule has 28 heavy (non-hydrogen) atoms. The van der Waals surface area contributed by atoms with Gasteiger partial charge >= 0.3 is 5.97 Å². The van der Waals surface area contributed by atoms with Crippen molar-refractivity contribution in [1.29, 1.82) is 0 Å². The minimum absolute atomic E-state index is 0.282. The molecule has 1 heterocycles. The van der Waals surface area contributed by atoms with Gasteiger partial charge in [-0.3, -0.25) is 0 Å². The van der Waals surface area contributed by atoms with E-state index in [1.807, 2.05) is 54.6 Å². The summed E-state index contributed by atoms with van der Waals surface area (Å²) in [7, 11) is 0. The fourth-order valence-corrected chi connectivity index (χ4v) is 2.84. The molecule has 3 aromatic carbocycles. The minimum atomic E-state index is -0.507. The second-order valence-corrected chi connectivity index (χ2v) is 6.20. The van der Waals surface area contributed by atoms with Crippen LogP contribution in [0.1, 0.15) is 16.7 Å². The predicted molar refractivity (Wildman–Crippen MR) is 104 cm³/mol. The zero-order chi connectivity index (χ0) is 19.3. The first kappa shape index (κ1) is 17.7. The van der Waals surface area contributed by atoms with Gasteiger partial charge in [0.05, 0.1) is 5.57 Å². The number of hydrogen-bond acceptors (Lipinski definition) is 4. The lowest BCUT2D eigenvalue weighted by atomic mass is 10.0. The number of para-hydroxylation sites is 1. The Bertz CT molecular complexity index is 1060. The summed E-state index contributed by atoms with van der Waals surface area (Å²) in [5.41, 5.74) is 3.21. The lowest BCUT2D eigenvalue weighted by Gasteiger charge is -2.10. The van der Waals surface area contributed by atoms with Crippen LogP contribution in [0.4, 0.5) is 4.39 Å². The van der Waals surface area contributed by atoms with Crippen molar-refractivity contribution in [3.63, 3.8) is 0 Å². The number of nitrogens with zero attached hydrogens (tertiary/aromatic N) is 1. The van der Waals surface area contributed by atoms with Gasteiger partial charge in [-0.25, -0.2) is 9.18 Å². The van der Waals surface area contributed by atoms with E-state index in [0.717, 1.165) is 16.7 Å². The fraction of sp³-hybridized carbons (Fsp3) is 0.0435. The molecule has 138 valence electrons. The molecule has 0 unspecified atom stereocenters. The Labute approximate surface area is 161 Å². The average Bonchev–Trinajstić information content (AvgIpc) is 3.09. The van der Waals surface area contributed by atoms with Crippen molar-refractivity contribution in [2.75, 3.05) is 0 Å². The minimum Gasteiger partial charge on any atom is -0.488 e. The monoisotopic (exact) mass is 373 g/mol. The van der Waals surface area contributed by atoms with Crippen LogP contribution in [-0.2, 0) is 16.2 Å². The van der Waals surface area contributed by atoms with Crippen LogP contribution in [0, 0.1) is 5.82 Å². The molecule has 0 bridgehead atoms. The topological polar surface area (TPSA) is 47.9 Å². The molecule has 1 aliphatic rings. The Hall–Kier alpha value is -3.73. The number of halogens is 1. The predicted octanol–water partition coefficient (Wildman–Crippen LogP) is 4.75. The van der Waals surface area contributed by atoms with Gasteiger partial charge in [-0.15, -0.1) is 0 Å². The first-order valence-electron chi connectivity index (χ1n) is 8.74. The standard InChI is InChI=1S/C23H16FNO3/c24-19-12-10-16(11-13-19)15-27-21-9-5-4-8-18(21)14-20-22(25-28-23(20)26)17-6-2-1-3-7-17/h1-14H,15H2/b20-14-. The van der Waals surface area contributed by atoms with E-state index in [0.29, 0.717) is 17.0 Å². The van der Waals surface area contributed by atoms with Crippen molar-refractivity contribution in [2.45, 2.75) is 6.61 Å². The molecule has 0 fully saturated rings. The van der Waals surface area contributed by atoms with Gasteiger partial charge in [0.25, 0.3) is 0 Å². The van der Waals surface area contributed by atoms with Gasteiger partial charge in [0.2, 0.25) is 0 Å². The number of hydrogen-bond donors (Lipinski definition) is 0. The third kappa shape index (κ3) is 3.83. The summed E-state index contributed by atoms with van der Waals surface area (Å²) >= 11 is 0. The molecular formula is C23H16FNO3. The summed E-state index contributed by atoms with van der Waals surface area (Å²) in [5, 5.41) is 3.92. The lowest BCUT2D eigenvalue weighted by molar-refractivity contribution is -0.136. The quantitative estimate of drug-likeness (QED) is 0.479. The second-order valence-electron chi connectivity index (χ2n) is 6.20. The summed E-state index contributed by atoms with van der Waals surface area (Å²) in [4.78, 5) is 17.1. The molecule has 0 radical (unpaired) electrons. The number of rotatable bonds is 5. The molecule has 3 aromatic rings. The smallest absolute Gasteiger partial charge is 0.368 e. The maximum Gasteiger partial charge on any atom is 0.368 e. The van der Waals surface area contributed by atoms with Crippen LogP contribution in [0.15, 0.2) is 89.6 Å². The third-order valence-corrected chi connectivity index (χ3v) is 4.27. The number of ether oxygens (including phenoxy) is 1. The molecule has 4 nitrogen and oxygen atoms in total. The summed E-state index contributed by atoms with van der Waals surface area (Å²) in [6.45, 7) is 0.282. The molecule has 0 spiro atoms. The van der Waals surface area contributed by atoms with Gasteiger partial charge < -0.3 is 9.57 Å². The third-order valence-electron chi connectivity index (χ3n) is 4.27. The number of carbonyl (C=O) groups is 1. The molecule has 0 saturated heterocycles. The Morgan fingerprint density at radius 1 is 0.929 bits per heavy atom. The van der Waals surface area contributed by atoms with E-state index in [1.54, 1.807) is 18.2 Å². The maximum atomic E-state index is 13.1. The Morgan fingerprint density at radius 2 is 1.64 bits per heavy atom. The highest BCUT2D eigenvalue weighted by atomic mass is 19.1. The van der Waals surface area contributed by atoms with E-state index < -0.39 is 5.97 Å². The zero-order valence-electron chi connectivity index (χ0n) is 14.8. The number of benzene rings is 3. The van der Waals surface area contributed by atoms with Gasteiger partial charge in [0, 0.05) is 11.1 Å². The molecule has 4 rings (SSSR count). The Kier molecular flexibility index (Phi) is 4.97. The summed E-state index contributed by atoms with van der Waals surface area (Å²) in [6, 6.07) is 22.9. The van der Waals surface area contributed by atoms with Crippen LogP contribution < -0.4 is 4.74 Å². The van der Waals surface area contributed by atoms with E-state index >= 15 is 0 Å². The van der Waals surface area contributed by atoms with Crippen LogP contribution in [0.25, 0.3) is 6.08 Å². The molecule has 5 heteroatoms. The number of oxime groups is 1. The summed E-state index contributed by atoms with van der Waals surface area (Å²) < 4.78 is 18.9. The second kappa shape index (κ2) is 7.88. The highest BCUT2D eigenvalue weighted by molar-refractivity contribution is 6.31. The highest BCUT2D eigenvalue weighted by Gasteiger charge is 2.27. The first-order chi connectivity index (χ1) is 13.7. The van der Waals surface area contributed by atoms with Gasteiger partial charge in [0.15, 0.2) is 0 Å². The van der Waals surface area contributed by atoms with Crippen LogP contribution >= 0.6 is 0 Å². The van der Waals surface area contributed by atoms with E-state index in [-0.39, 0.29) is 12.4 Å². The van der Waals surface area contributed by atoms with Crippen LogP contribution in [0.5, 0.6) is 5.75 Å². The zero-order valence-corrected chi connectivity index (χ0v) is 14.8. The molecule has 0 aromatic heterocycles. The van der Waals surface area contributed by atoms with Crippen molar-refractivity contribution < 1.29 is 18.8 Å². The summed E-state index contributed by atoms with van der Waals surface area (Å²) in [5.74, 6) is -0.194. The molecule has 1 aliphatic heterocycles. The Morgan fingerprint density at radius 3 is 2.43 bits per heavy atom. The largest absolute Gasteiger partial charge is 0.488 e. The average molecular weight is 373 g/mol. The van der Waals surface area contributed by atoms with Crippen molar-refractivity contribution in [1.82, 2.24) is 0 Å². The molecular weight excluding hydrogens is 357 g/mol. The van der Waals surface area contributed by atoms with Crippen LogP contribution in [0.2, 0.25) is 0 Å². The van der Waals surface area contributed by atoms with Crippen molar-refractivity contribution in [2.24, 2.45) is 5.16 Å². The fourth-order valence-electron chi connectivity index (χ4n) is 2.84. The van der Waals surface area contributed by atoms with Gasteiger partial charge in [0.1, 0.15) is 23.9 Å². The van der Waals surface area contributed by atoms with Gasteiger partial charge in [-0.05, 0) is 29.8 Å². The first-order valence-corrected chi connectivity index (χ1v) is 8.74. The summed E-state index contributed by atoms with van der Waals surface area (Å²) in [6.07, 6.45) is 1.71. The van der Waals surface area contributed by atoms with E-state index in [1.165, 1.54) is 12.1 Å². The van der Waals surface area contributed by atoms with E-state index in [2.05, 4.69) is 5.16 Å². The van der Waals surface area contributed by atoms with Crippen LogP contribution in [-0.4, -0.2) is 11.7 Å². The van der Waals surface area contributed by atoms with Gasteiger partial charge in [-0.1, -0.05) is 65.8 Å². The number of carbonyl (C=O) groups excluding carboxylic acids is 1. The molecule has 0 saturated carbocycles. The van der Waals surface area contributed by atoms with Gasteiger partial charge in [-0.2, -0.15) is 0 Å². The maximum absolute atomic E-state index is 13.1. The van der Waals surface area contributed by atoms with E-state index in [4.69, 9.17) is 9.57 Å². The molecule has 0 amide bonds. The van der Waals surface area contributed by atoms with Crippen molar-refractivity contribution in [3.05, 3.63) is 107 Å². The van der Waals surface area contributed by atoms with Crippen LogP contribution in [0.3, 0.4) is 0 Å². The molecule has 0 atom stereocenters. The van der Waals surface area contributed by atoms with Crippen molar-refractivity contribution in [3.8, 4) is 5.75 Å².